The molecule has 1 atom stereocenters. The second-order valence-electron chi connectivity index (χ2n) is 4.01. The maximum Gasteiger partial charge on any atom is 0.416 e. The Morgan fingerprint density at radius 1 is 1.41 bits per heavy atom. The number of pyridine rings is 1. The van der Waals surface area contributed by atoms with Gasteiger partial charge in [0.1, 0.15) is 0 Å². The van der Waals surface area contributed by atoms with Crippen LogP contribution in [-0.4, -0.2) is 18.1 Å². The van der Waals surface area contributed by atoms with Crippen molar-refractivity contribution in [1.29, 1.82) is 0 Å². The van der Waals surface area contributed by atoms with E-state index in [1.54, 1.807) is 0 Å². The fourth-order valence-corrected chi connectivity index (χ4v) is 1.72. The van der Waals surface area contributed by atoms with Gasteiger partial charge in [-0.15, -0.1) is 0 Å². The molecule has 0 fully saturated rings. The number of hydrogen-bond acceptors (Lipinski definition) is 2. The zero-order valence-corrected chi connectivity index (χ0v) is 10.0. The van der Waals surface area contributed by atoms with Crippen LogP contribution in [0.15, 0.2) is 18.3 Å². The SMILES string of the molecule is CCCC(Cc1cc(C(F)(F)F)ccn1)NC. The molecule has 0 aromatic carbocycles. The van der Waals surface area contributed by atoms with Gasteiger partial charge in [-0.3, -0.25) is 4.98 Å². The van der Waals surface area contributed by atoms with Crippen LogP contribution in [0.1, 0.15) is 31.0 Å². The van der Waals surface area contributed by atoms with Gasteiger partial charge < -0.3 is 5.32 Å². The van der Waals surface area contributed by atoms with Crippen molar-refractivity contribution in [2.45, 2.75) is 38.4 Å². The molecule has 1 unspecified atom stereocenters. The molecular formula is C12H17F3N2. The third-order valence-electron chi connectivity index (χ3n) is 2.64. The first kappa shape index (κ1) is 14.0. The molecule has 0 aliphatic heterocycles. The lowest BCUT2D eigenvalue weighted by Gasteiger charge is -2.15. The maximum absolute atomic E-state index is 12.5. The molecule has 0 amide bonds. The summed E-state index contributed by atoms with van der Waals surface area (Å²) < 4.78 is 37.5. The van der Waals surface area contributed by atoms with Gasteiger partial charge in [-0.25, -0.2) is 0 Å². The van der Waals surface area contributed by atoms with E-state index in [1.807, 2.05) is 14.0 Å². The van der Waals surface area contributed by atoms with Crippen LogP contribution in [0.4, 0.5) is 13.2 Å². The molecule has 1 aromatic heterocycles. The Bertz CT molecular complexity index is 350. The zero-order chi connectivity index (χ0) is 12.9. The topological polar surface area (TPSA) is 24.9 Å². The lowest BCUT2D eigenvalue weighted by molar-refractivity contribution is -0.137. The summed E-state index contributed by atoms with van der Waals surface area (Å²) in [7, 11) is 1.81. The van der Waals surface area contributed by atoms with E-state index in [-0.39, 0.29) is 6.04 Å². The first-order valence-corrected chi connectivity index (χ1v) is 5.66. The Labute approximate surface area is 99.3 Å². The van der Waals surface area contributed by atoms with Crippen molar-refractivity contribution in [3.63, 3.8) is 0 Å². The molecule has 1 rings (SSSR count). The van der Waals surface area contributed by atoms with E-state index < -0.39 is 11.7 Å². The Balaban J connectivity index is 2.78. The summed E-state index contributed by atoms with van der Waals surface area (Å²) in [5, 5.41) is 3.09. The summed E-state index contributed by atoms with van der Waals surface area (Å²) >= 11 is 0. The molecule has 1 N–H and O–H groups in total. The number of hydrogen-bond donors (Lipinski definition) is 1. The number of nitrogens with one attached hydrogen (secondary N) is 1. The van der Waals surface area contributed by atoms with Gasteiger partial charge >= 0.3 is 6.18 Å². The highest BCUT2D eigenvalue weighted by Crippen LogP contribution is 2.29. The monoisotopic (exact) mass is 246 g/mol. The number of halogens is 3. The van der Waals surface area contributed by atoms with E-state index in [1.165, 1.54) is 6.20 Å². The van der Waals surface area contributed by atoms with Gasteiger partial charge in [-0.05, 0) is 25.6 Å². The van der Waals surface area contributed by atoms with Gasteiger partial charge in [0, 0.05) is 24.4 Å². The smallest absolute Gasteiger partial charge is 0.317 e. The predicted molar refractivity (Wildman–Crippen MR) is 60.7 cm³/mol. The second kappa shape index (κ2) is 6.00. The molecule has 0 spiro atoms. The van der Waals surface area contributed by atoms with Gasteiger partial charge in [-0.1, -0.05) is 13.3 Å². The molecule has 1 heterocycles. The Hall–Kier alpha value is -1.10. The van der Waals surface area contributed by atoms with Gasteiger partial charge in [0.15, 0.2) is 0 Å². The highest BCUT2D eigenvalue weighted by molar-refractivity contribution is 5.20. The molecule has 96 valence electrons. The third-order valence-corrected chi connectivity index (χ3v) is 2.64. The normalized spacial score (nSPS) is 13.7. The summed E-state index contributed by atoms with van der Waals surface area (Å²) in [5.74, 6) is 0. The summed E-state index contributed by atoms with van der Waals surface area (Å²) in [6, 6.07) is 2.30. The van der Waals surface area contributed by atoms with Crippen molar-refractivity contribution >= 4 is 0 Å². The van der Waals surface area contributed by atoms with Crippen molar-refractivity contribution in [1.82, 2.24) is 10.3 Å². The zero-order valence-electron chi connectivity index (χ0n) is 10.0. The van der Waals surface area contributed by atoms with Crippen molar-refractivity contribution in [3.8, 4) is 0 Å². The predicted octanol–water partition coefficient (Wildman–Crippen LogP) is 3.03. The van der Waals surface area contributed by atoms with Gasteiger partial charge in [0.25, 0.3) is 0 Å². The summed E-state index contributed by atoms with van der Waals surface area (Å²) in [6.07, 6.45) is -0.637. The standard InChI is InChI=1S/C12H17F3N2/c1-3-4-10(16-2)8-11-7-9(5-6-17-11)12(13,14)15/h5-7,10,16H,3-4,8H2,1-2H3. The Kier molecular flexibility index (Phi) is 4.93. The van der Waals surface area contributed by atoms with E-state index >= 15 is 0 Å². The van der Waals surface area contributed by atoms with E-state index in [4.69, 9.17) is 0 Å². The van der Waals surface area contributed by atoms with Crippen LogP contribution < -0.4 is 5.32 Å². The molecule has 0 radical (unpaired) electrons. The molecule has 5 heteroatoms. The lowest BCUT2D eigenvalue weighted by Crippen LogP contribution is -2.27. The molecule has 1 aromatic rings. The maximum atomic E-state index is 12.5. The van der Waals surface area contributed by atoms with Crippen LogP contribution in [0.3, 0.4) is 0 Å². The van der Waals surface area contributed by atoms with Gasteiger partial charge in [0.2, 0.25) is 0 Å². The molecule has 0 aliphatic rings. The minimum atomic E-state index is -4.29. The van der Waals surface area contributed by atoms with E-state index in [0.29, 0.717) is 12.1 Å². The largest absolute Gasteiger partial charge is 0.416 e. The Morgan fingerprint density at radius 2 is 2.12 bits per heavy atom. The van der Waals surface area contributed by atoms with Crippen LogP contribution in [0.25, 0.3) is 0 Å². The van der Waals surface area contributed by atoms with Crippen molar-refractivity contribution < 1.29 is 13.2 Å². The summed E-state index contributed by atoms with van der Waals surface area (Å²) in [4.78, 5) is 3.98. The first-order chi connectivity index (χ1) is 7.97. The number of nitrogens with zero attached hydrogens (tertiary/aromatic N) is 1. The number of alkyl halides is 3. The first-order valence-electron chi connectivity index (χ1n) is 5.66. The highest BCUT2D eigenvalue weighted by atomic mass is 19.4. The molecule has 17 heavy (non-hydrogen) atoms. The molecule has 0 saturated heterocycles. The van der Waals surface area contributed by atoms with E-state index in [2.05, 4.69) is 10.3 Å². The number of rotatable bonds is 5. The quantitative estimate of drug-likeness (QED) is 0.863. The third kappa shape index (κ3) is 4.34. The average Bonchev–Trinajstić information content (AvgIpc) is 2.28. The van der Waals surface area contributed by atoms with Crippen LogP contribution >= 0.6 is 0 Å². The van der Waals surface area contributed by atoms with E-state index in [9.17, 15) is 13.2 Å². The van der Waals surface area contributed by atoms with Gasteiger partial charge in [-0.2, -0.15) is 13.2 Å². The van der Waals surface area contributed by atoms with Crippen molar-refractivity contribution in [3.05, 3.63) is 29.6 Å². The van der Waals surface area contributed by atoms with Crippen LogP contribution in [0, 0.1) is 0 Å². The molecule has 0 bridgehead atoms. The van der Waals surface area contributed by atoms with Gasteiger partial charge in [0.05, 0.1) is 5.56 Å². The summed E-state index contributed by atoms with van der Waals surface area (Å²) in [5.41, 5.74) is -0.151. The van der Waals surface area contributed by atoms with E-state index in [0.717, 1.165) is 25.0 Å². The molecule has 0 saturated carbocycles. The summed E-state index contributed by atoms with van der Waals surface area (Å²) in [6.45, 7) is 2.05. The Morgan fingerprint density at radius 3 is 2.65 bits per heavy atom. The van der Waals surface area contributed by atoms with Crippen molar-refractivity contribution in [2.24, 2.45) is 0 Å². The fourth-order valence-electron chi connectivity index (χ4n) is 1.72. The molecular weight excluding hydrogens is 229 g/mol. The molecule has 0 aliphatic carbocycles. The fraction of sp³-hybridized carbons (Fsp3) is 0.583. The lowest BCUT2D eigenvalue weighted by atomic mass is 10.0. The number of aromatic nitrogens is 1. The minimum absolute atomic E-state index is 0.177. The number of likely N-dealkylation sites (N-methyl/N-ethyl adjacent to an activating group) is 1. The second-order valence-corrected chi connectivity index (χ2v) is 4.01. The van der Waals surface area contributed by atoms with Crippen LogP contribution in [-0.2, 0) is 12.6 Å². The van der Waals surface area contributed by atoms with Crippen LogP contribution in [0.5, 0.6) is 0 Å². The minimum Gasteiger partial charge on any atom is -0.317 e. The van der Waals surface area contributed by atoms with Crippen LogP contribution in [0.2, 0.25) is 0 Å². The average molecular weight is 246 g/mol. The highest BCUT2D eigenvalue weighted by Gasteiger charge is 2.30. The van der Waals surface area contributed by atoms with Crippen molar-refractivity contribution in [2.75, 3.05) is 7.05 Å². The molecule has 2 nitrogen and oxygen atoms in total.